The molecule has 1 heterocycles. The van der Waals surface area contributed by atoms with E-state index in [0.29, 0.717) is 5.92 Å². The van der Waals surface area contributed by atoms with E-state index in [1.54, 1.807) is 0 Å². The molecule has 15 heavy (non-hydrogen) atoms. The number of nitrogens with two attached hydrogens (primary N) is 1. The first-order valence-electron chi connectivity index (χ1n) is 5.45. The molecule has 3 N–H and O–H groups in total. The van der Waals surface area contributed by atoms with E-state index in [-0.39, 0.29) is 12.6 Å². The van der Waals surface area contributed by atoms with Crippen molar-refractivity contribution in [2.24, 2.45) is 5.92 Å². The van der Waals surface area contributed by atoms with E-state index in [9.17, 15) is 5.11 Å². The Hall–Kier alpha value is -1.22. The van der Waals surface area contributed by atoms with Crippen LogP contribution in [0.5, 0.6) is 0 Å². The van der Waals surface area contributed by atoms with Crippen molar-refractivity contribution in [3.05, 3.63) is 24.3 Å². The molecule has 0 radical (unpaired) electrons. The zero-order valence-electron chi connectivity index (χ0n) is 9.06. The fraction of sp³-hybridized carbons (Fsp3) is 0.500. The second-order valence-corrected chi connectivity index (χ2v) is 4.30. The summed E-state index contributed by atoms with van der Waals surface area (Å²) in [6.07, 6.45) is 1.15. The van der Waals surface area contributed by atoms with Crippen LogP contribution in [0.25, 0.3) is 0 Å². The van der Waals surface area contributed by atoms with Crippen LogP contribution in [-0.4, -0.2) is 24.3 Å². The van der Waals surface area contributed by atoms with Crippen LogP contribution >= 0.6 is 0 Å². The quantitative estimate of drug-likeness (QED) is 0.720. The normalized spacial score (nSPS) is 25.9. The molecule has 1 fully saturated rings. The molecule has 1 aliphatic heterocycles. The molecule has 0 spiro atoms. The number of nitrogen functional groups attached to an aromatic ring is 1. The molecule has 1 aromatic rings. The molecule has 82 valence electrons. The highest BCUT2D eigenvalue weighted by atomic mass is 16.3. The van der Waals surface area contributed by atoms with Gasteiger partial charge in [-0.15, -0.1) is 0 Å². The number of benzene rings is 1. The Balaban J connectivity index is 2.20. The minimum absolute atomic E-state index is 0.228. The number of aliphatic hydroxyl groups excluding tert-OH is 1. The van der Waals surface area contributed by atoms with Crippen LogP contribution in [0.2, 0.25) is 0 Å². The van der Waals surface area contributed by atoms with Gasteiger partial charge < -0.3 is 15.7 Å². The van der Waals surface area contributed by atoms with Crippen LogP contribution < -0.4 is 10.6 Å². The Bertz CT molecular complexity index is 323. The van der Waals surface area contributed by atoms with E-state index in [2.05, 4.69) is 11.8 Å². The number of hydrogen-bond acceptors (Lipinski definition) is 3. The lowest BCUT2D eigenvalue weighted by molar-refractivity contribution is 0.245. The van der Waals surface area contributed by atoms with E-state index in [0.717, 1.165) is 24.3 Å². The van der Waals surface area contributed by atoms with Crippen LogP contribution in [0.3, 0.4) is 0 Å². The smallest absolute Gasteiger partial charge is 0.0637 e. The third kappa shape index (κ3) is 1.92. The molecule has 2 unspecified atom stereocenters. The van der Waals surface area contributed by atoms with Crippen molar-refractivity contribution in [1.29, 1.82) is 0 Å². The molecule has 0 amide bonds. The third-order valence-corrected chi connectivity index (χ3v) is 3.29. The van der Waals surface area contributed by atoms with Gasteiger partial charge in [0.1, 0.15) is 0 Å². The van der Waals surface area contributed by atoms with Crippen molar-refractivity contribution in [2.75, 3.05) is 23.8 Å². The molecule has 0 bridgehead atoms. The van der Waals surface area contributed by atoms with E-state index < -0.39 is 0 Å². The van der Waals surface area contributed by atoms with Crippen molar-refractivity contribution in [3.8, 4) is 0 Å². The lowest BCUT2D eigenvalue weighted by atomic mass is 10.0. The van der Waals surface area contributed by atoms with Gasteiger partial charge in [-0.2, -0.15) is 0 Å². The van der Waals surface area contributed by atoms with Crippen LogP contribution in [0.15, 0.2) is 24.3 Å². The van der Waals surface area contributed by atoms with Crippen molar-refractivity contribution in [1.82, 2.24) is 0 Å². The minimum Gasteiger partial charge on any atom is -0.399 e. The van der Waals surface area contributed by atoms with Crippen LogP contribution in [0.4, 0.5) is 11.4 Å². The molecule has 1 aromatic carbocycles. The predicted octanol–water partition coefficient (Wildman–Crippen LogP) is 1.48. The van der Waals surface area contributed by atoms with Crippen molar-refractivity contribution in [2.45, 2.75) is 19.4 Å². The summed E-state index contributed by atoms with van der Waals surface area (Å²) in [6, 6.07) is 8.12. The summed E-state index contributed by atoms with van der Waals surface area (Å²) in [4.78, 5) is 2.27. The molecule has 0 aliphatic carbocycles. The summed E-state index contributed by atoms with van der Waals surface area (Å²) in [7, 11) is 0. The molecule has 2 atom stereocenters. The minimum atomic E-state index is 0.228. The second-order valence-electron chi connectivity index (χ2n) is 4.30. The standard InChI is InChI=1S/C12H18N2O/c1-9-6-7-14(12(9)8-15)11-4-2-10(13)3-5-11/h2-5,9,12,15H,6-8,13H2,1H3. The van der Waals surface area contributed by atoms with E-state index >= 15 is 0 Å². The molecule has 3 heteroatoms. The average molecular weight is 206 g/mol. The SMILES string of the molecule is CC1CCN(c2ccc(N)cc2)C1CO. The maximum atomic E-state index is 9.36. The number of nitrogens with zero attached hydrogens (tertiary/aromatic N) is 1. The van der Waals surface area contributed by atoms with Gasteiger partial charge in [-0.25, -0.2) is 0 Å². The Morgan fingerprint density at radius 3 is 2.67 bits per heavy atom. The highest BCUT2D eigenvalue weighted by Gasteiger charge is 2.30. The lowest BCUT2D eigenvalue weighted by Gasteiger charge is -2.27. The maximum absolute atomic E-state index is 9.36. The Kier molecular flexibility index (Phi) is 2.82. The van der Waals surface area contributed by atoms with Gasteiger partial charge >= 0.3 is 0 Å². The summed E-state index contributed by atoms with van der Waals surface area (Å²) in [5.74, 6) is 0.563. The Morgan fingerprint density at radius 2 is 2.07 bits per heavy atom. The summed E-state index contributed by atoms with van der Waals surface area (Å²) in [5.41, 5.74) is 7.60. The zero-order chi connectivity index (χ0) is 10.8. The zero-order valence-corrected chi connectivity index (χ0v) is 9.06. The molecule has 1 aliphatic rings. The highest BCUT2D eigenvalue weighted by molar-refractivity contribution is 5.54. The monoisotopic (exact) mass is 206 g/mol. The fourth-order valence-corrected chi connectivity index (χ4v) is 2.27. The first kappa shape index (κ1) is 10.3. The van der Waals surface area contributed by atoms with Crippen LogP contribution in [0, 0.1) is 5.92 Å². The van der Waals surface area contributed by atoms with Gasteiger partial charge in [0.2, 0.25) is 0 Å². The third-order valence-electron chi connectivity index (χ3n) is 3.29. The second kappa shape index (κ2) is 4.11. The maximum Gasteiger partial charge on any atom is 0.0637 e. The molecule has 0 saturated carbocycles. The predicted molar refractivity (Wildman–Crippen MR) is 62.9 cm³/mol. The van der Waals surface area contributed by atoms with Gasteiger partial charge in [-0.1, -0.05) is 6.92 Å². The number of aliphatic hydroxyl groups is 1. The highest BCUT2D eigenvalue weighted by Crippen LogP contribution is 2.29. The summed E-state index contributed by atoms with van der Waals surface area (Å²) >= 11 is 0. The van der Waals surface area contributed by atoms with Crippen molar-refractivity contribution >= 4 is 11.4 Å². The van der Waals surface area contributed by atoms with E-state index in [1.807, 2.05) is 24.3 Å². The van der Waals surface area contributed by atoms with E-state index in [1.165, 1.54) is 0 Å². The fourth-order valence-electron chi connectivity index (χ4n) is 2.27. The topological polar surface area (TPSA) is 49.5 Å². The molecular weight excluding hydrogens is 188 g/mol. The van der Waals surface area contributed by atoms with Crippen molar-refractivity contribution in [3.63, 3.8) is 0 Å². The molecule has 3 nitrogen and oxygen atoms in total. The van der Waals surface area contributed by atoms with E-state index in [4.69, 9.17) is 5.73 Å². The van der Waals surface area contributed by atoms with Crippen LogP contribution in [-0.2, 0) is 0 Å². The first-order chi connectivity index (χ1) is 7.22. The van der Waals surface area contributed by atoms with Crippen molar-refractivity contribution < 1.29 is 5.11 Å². The Labute approximate surface area is 90.5 Å². The summed E-state index contributed by atoms with van der Waals surface area (Å²) in [5, 5.41) is 9.36. The Morgan fingerprint density at radius 1 is 1.40 bits per heavy atom. The molecule has 1 saturated heterocycles. The molecular formula is C12H18N2O. The molecule has 2 rings (SSSR count). The van der Waals surface area contributed by atoms with Crippen LogP contribution in [0.1, 0.15) is 13.3 Å². The molecule has 0 aromatic heterocycles. The van der Waals surface area contributed by atoms with Gasteiger partial charge in [-0.05, 0) is 36.6 Å². The van der Waals surface area contributed by atoms with Gasteiger partial charge in [0.25, 0.3) is 0 Å². The largest absolute Gasteiger partial charge is 0.399 e. The number of rotatable bonds is 2. The average Bonchev–Trinajstić information content (AvgIpc) is 2.61. The number of anilines is 2. The van der Waals surface area contributed by atoms with Gasteiger partial charge in [0.05, 0.1) is 12.6 Å². The first-order valence-corrected chi connectivity index (χ1v) is 5.45. The number of hydrogen-bond donors (Lipinski definition) is 2. The summed E-state index contributed by atoms with van der Waals surface area (Å²) < 4.78 is 0. The van der Waals surface area contributed by atoms with Gasteiger partial charge in [0, 0.05) is 17.9 Å². The van der Waals surface area contributed by atoms with Gasteiger partial charge in [-0.3, -0.25) is 0 Å². The lowest BCUT2D eigenvalue weighted by Crippen LogP contribution is -2.35. The summed E-state index contributed by atoms with van der Waals surface area (Å²) in [6.45, 7) is 3.44. The van der Waals surface area contributed by atoms with Gasteiger partial charge in [0.15, 0.2) is 0 Å².